The van der Waals surface area contributed by atoms with Crippen molar-refractivity contribution >= 4 is 17.2 Å². The van der Waals surface area contributed by atoms with Gasteiger partial charge in [0.25, 0.3) is 0 Å². The summed E-state index contributed by atoms with van der Waals surface area (Å²) >= 11 is 0. The van der Waals surface area contributed by atoms with Gasteiger partial charge in [0, 0.05) is 17.7 Å². The second-order valence-electron chi connectivity index (χ2n) is 10.7. The van der Waals surface area contributed by atoms with Gasteiger partial charge in [0.15, 0.2) is 17.3 Å². The second-order valence-corrected chi connectivity index (χ2v) is 10.7. The number of para-hydroxylation sites is 2. The first-order valence-corrected chi connectivity index (χ1v) is 13.9. The molecule has 0 amide bonds. The Morgan fingerprint density at radius 1 is 0.750 bits per heavy atom. The molecule has 4 aromatic rings. The molecule has 1 aliphatic carbocycles. The molecule has 0 saturated carbocycles. The molecule has 0 saturated heterocycles. The van der Waals surface area contributed by atoms with Gasteiger partial charge in [0.2, 0.25) is 0 Å². The fourth-order valence-electron chi connectivity index (χ4n) is 5.77. The minimum absolute atomic E-state index is 0.0344. The molecule has 5 nitrogen and oxygen atoms in total. The van der Waals surface area contributed by atoms with E-state index >= 15 is 0 Å². The molecule has 5 heteroatoms. The minimum Gasteiger partial charge on any atom is -0.493 e. The number of methoxy groups -OCH3 is 1. The van der Waals surface area contributed by atoms with Crippen LogP contribution < -0.4 is 20.1 Å². The predicted octanol–water partition coefficient (Wildman–Crippen LogP) is 8.13. The summed E-state index contributed by atoms with van der Waals surface area (Å²) in [4.78, 5) is 14.0. The van der Waals surface area contributed by atoms with Gasteiger partial charge in [-0.3, -0.25) is 4.79 Å². The minimum atomic E-state index is -0.249. The molecule has 1 heterocycles. The normalized spacial score (nSPS) is 18.2. The zero-order valence-electron chi connectivity index (χ0n) is 23.1. The van der Waals surface area contributed by atoms with E-state index in [1.165, 1.54) is 5.56 Å². The van der Waals surface area contributed by atoms with Gasteiger partial charge in [-0.15, -0.1) is 0 Å². The summed E-state index contributed by atoms with van der Waals surface area (Å²) < 4.78 is 11.6. The van der Waals surface area contributed by atoms with Crippen LogP contribution in [0.5, 0.6) is 11.5 Å². The maximum Gasteiger partial charge on any atom is 0.163 e. The highest BCUT2D eigenvalue weighted by Gasteiger charge is 2.36. The molecule has 2 aliphatic rings. The highest BCUT2D eigenvalue weighted by Crippen LogP contribution is 2.45. The molecule has 6 rings (SSSR count). The predicted molar refractivity (Wildman–Crippen MR) is 161 cm³/mol. The Morgan fingerprint density at radius 2 is 1.43 bits per heavy atom. The van der Waals surface area contributed by atoms with Gasteiger partial charge >= 0.3 is 0 Å². The number of benzene rings is 4. The average Bonchev–Trinajstić information content (AvgIpc) is 3.14. The number of hydrogen-bond acceptors (Lipinski definition) is 5. The number of fused-ring (bicyclic) bond motifs is 1. The monoisotopic (exact) mass is 530 g/mol. The molecule has 0 radical (unpaired) electrons. The molecular formula is C35H34N2O3. The number of ether oxygens (including phenoxy) is 2. The van der Waals surface area contributed by atoms with E-state index in [1.807, 2.05) is 56.3 Å². The molecule has 2 N–H and O–H groups in total. The largest absolute Gasteiger partial charge is 0.493 e. The van der Waals surface area contributed by atoms with Crippen LogP contribution in [0.3, 0.4) is 0 Å². The summed E-state index contributed by atoms with van der Waals surface area (Å²) in [6, 6.07) is 32.8. The number of ketones is 1. The Bertz CT molecular complexity index is 1560. The Balaban J connectivity index is 1.37. The summed E-state index contributed by atoms with van der Waals surface area (Å²) in [5, 5.41) is 7.32. The van der Waals surface area contributed by atoms with Gasteiger partial charge in [-0.25, -0.2) is 0 Å². The third kappa shape index (κ3) is 5.07. The van der Waals surface area contributed by atoms with Crippen molar-refractivity contribution < 1.29 is 14.3 Å². The lowest BCUT2D eigenvalue weighted by molar-refractivity contribution is -0.116. The van der Waals surface area contributed by atoms with Crippen LogP contribution >= 0.6 is 0 Å². The van der Waals surface area contributed by atoms with Gasteiger partial charge in [-0.1, -0.05) is 72.8 Å². The molecule has 202 valence electrons. The van der Waals surface area contributed by atoms with Crippen LogP contribution in [-0.2, 0) is 4.79 Å². The molecular weight excluding hydrogens is 496 g/mol. The molecule has 0 fully saturated rings. The first-order chi connectivity index (χ1) is 19.5. The van der Waals surface area contributed by atoms with E-state index in [9.17, 15) is 4.79 Å². The van der Waals surface area contributed by atoms with Crippen molar-refractivity contribution in [3.63, 3.8) is 0 Å². The highest BCUT2D eigenvalue weighted by molar-refractivity contribution is 6.01. The Kier molecular flexibility index (Phi) is 7.04. The van der Waals surface area contributed by atoms with Gasteiger partial charge in [-0.2, -0.15) is 0 Å². The molecule has 4 aromatic carbocycles. The quantitative estimate of drug-likeness (QED) is 0.264. The van der Waals surface area contributed by atoms with Crippen LogP contribution in [0, 0.1) is 0 Å². The van der Waals surface area contributed by atoms with E-state index in [0.717, 1.165) is 45.8 Å². The van der Waals surface area contributed by atoms with Crippen LogP contribution in [0.15, 0.2) is 108 Å². The molecule has 2 atom stereocenters. The standard InChI is InChI=1S/C35H34N2O3/c1-22(2)40-32-18-17-26(21-33(32)39-3)27-19-30-34(31(38)20-27)35(37-29-12-8-7-11-28(29)36-30)25-15-13-24(14-16-25)23-9-5-4-6-10-23/h4-18,21-22,27,35-37H,19-20H2,1-3H3. The van der Waals surface area contributed by atoms with Crippen molar-refractivity contribution in [1.29, 1.82) is 0 Å². The summed E-state index contributed by atoms with van der Waals surface area (Å²) in [5.74, 6) is 1.59. The summed E-state index contributed by atoms with van der Waals surface area (Å²) in [6.07, 6.45) is 1.21. The highest BCUT2D eigenvalue weighted by atomic mass is 16.5. The van der Waals surface area contributed by atoms with Crippen molar-refractivity contribution in [1.82, 2.24) is 0 Å². The van der Waals surface area contributed by atoms with E-state index in [4.69, 9.17) is 9.47 Å². The van der Waals surface area contributed by atoms with Gasteiger partial charge in [0.05, 0.1) is 30.6 Å². The van der Waals surface area contributed by atoms with Crippen LogP contribution in [0.1, 0.15) is 49.8 Å². The maximum absolute atomic E-state index is 14.0. The Morgan fingerprint density at radius 3 is 2.15 bits per heavy atom. The first-order valence-electron chi connectivity index (χ1n) is 13.9. The molecule has 2 unspecified atom stereocenters. The molecule has 1 aliphatic heterocycles. The number of rotatable bonds is 6. The number of carbonyl (C=O) groups is 1. The zero-order chi connectivity index (χ0) is 27.6. The van der Waals surface area contributed by atoms with Crippen molar-refractivity contribution in [2.24, 2.45) is 0 Å². The van der Waals surface area contributed by atoms with E-state index in [-0.39, 0.29) is 23.8 Å². The second kappa shape index (κ2) is 10.9. The summed E-state index contributed by atoms with van der Waals surface area (Å²) in [6.45, 7) is 3.99. The fourth-order valence-corrected chi connectivity index (χ4v) is 5.77. The number of carbonyl (C=O) groups excluding carboxylic acids is 1. The number of hydrogen-bond donors (Lipinski definition) is 2. The fraction of sp³-hybridized carbons (Fsp3) is 0.229. The smallest absolute Gasteiger partial charge is 0.163 e. The lowest BCUT2D eigenvalue weighted by atomic mass is 9.78. The maximum atomic E-state index is 14.0. The topological polar surface area (TPSA) is 59.6 Å². The molecule has 0 aromatic heterocycles. The van der Waals surface area contributed by atoms with Crippen LogP contribution in [0.25, 0.3) is 11.1 Å². The summed E-state index contributed by atoms with van der Waals surface area (Å²) in [7, 11) is 1.65. The number of nitrogens with one attached hydrogen (secondary N) is 2. The van der Waals surface area contributed by atoms with Crippen molar-refractivity contribution in [2.75, 3.05) is 17.7 Å². The Hall–Kier alpha value is -4.51. The number of anilines is 2. The van der Waals surface area contributed by atoms with Crippen LogP contribution in [0.4, 0.5) is 11.4 Å². The third-order valence-electron chi connectivity index (χ3n) is 7.68. The van der Waals surface area contributed by atoms with Crippen molar-refractivity contribution in [3.8, 4) is 22.6 Å². The molecule has 40 heavy (non-hydrogen) atoms. The number of allylic oxidation sites excluding steroid dienone is 1. The van der Waals surface area contributed by atoms with E-state index < -0.39 is 0 Å². The van der Waals surface area contributed by atoms with Crippen molar-refractivity contribution in [2.45, 2.75) is 44.8 Å². The SMILES string of the molecule is COc1cc(C2CC(=O)C3=C(C2)Nc2ccccc2NC3c2ccc(-c3ccccc3)cc2)ccc1OC(C)C. The molecule has 0 spiro atoms. The van der Waals surface area contributed by atoms with Crippen molar-refractivity contribution in [3.05, 3.63) is 119 Å². The van der Waals surface area contributed by atoms with Gasteiger partial charge in [-0.05, 0) is 72.7 Å². The first kappa shape index (κ1) is 25.8. The number of Topliss-reactive ketones (excluding diaryl/α,β-unsaturated/α-hetero) is 1. The lowest BCUT2D eigenvalue weighted by Crippen LogP contribution is -2.26. The van der Waals surface area contributed by atoms with Gasteiger partial charge < -0.3 is 20.1 Å². The lowest BCUT2D eigenvalue weighted by Gasteiger charge is -2.30. The van der Waals surface area contributed by atoms with E-state index in [1.54, 1.807) is 7.11 Å². The van der Waals surface area contributed by atoms with Crippen LogP contribution in [-0.4, -0.2) is 19.0 Å². The zero-order valence-corrected chi connectivity index (χ0v) is 23.1. The summed E-state index contributed by atoms with van der Waals surface area (Å²) in [5.41, 5.74) is 8.20. The molecule has 0 bridgehead atoms. The average molecular weight is 531 g/mol. The van der Waals surface area contributed by atoms with Gasteiger partial charge in [0.1, 0.15) is 0 Å². The van der Waals surface area contributed by atoms with E-state index in [2.05, 4.69) is 65.2 Å². The van der Waals surface area contributed by atoms with Crippen LogP contribution in [0.2, 0.25) is 0 Å². The third-order valence-corrected chi connectivity index (χ3v) is 7.68. The van der Waals surface area contributed by atoms with E-state index in [0.29, 0.717) is 17.9 Å². The Labute approximate surface area is 235 Å².